The van der Waals surface area contributed by atoms with E-state index < -0.39 is 34.0 Å². The molecule has 3 aromatic carbocycles. The van der Waals surface area contributed by atoms with Gasteiger partial charge in [0.1, 0.15) is 10.7 Å². The summed E-state index contributed by atoms with van der Waals surface area (Å²) in [6.45, 7) is 0.341. The minimum Gasteiger partial charge on any atom is -0.363 e. The molecule has 0 aromatic heterocycles. The molecule has 0 unspecified atom stereocenters. The molecule has 1 amide bonds. The van der Waals surface area contributed by atoms with E-state index in [-0.39, 0.29) is 32.1 Å². The maximum absolute atomic E-state index is 14.2. The monoisotopic (exact) mass is 422 g/mol. The zero-order valence-electron chi connectivity index (χ0n) is 15.1. The molecule has 3 aromatic rings. The van der Waals surface area contributed by atoms with Crippen molar-refractivity contribution in [1.29, 1.82) is 0 Å². The maximum Gasteiger partial charge on any atom is 0.253 e. The number of carbonyl (C=O) groups excluding carboxylic acids is 1. The molecule has 1 saturated heterocycles. The number of anilines is 1. The van der Waals surface area contributed by atoms with Crippen molar-refractivity contribution in [2.45, 2.75) is 0 Å². The van der Waals surface area contributed by atoms with Crippen molar-refractivity contribution in [2.24, 2.45) is 0 Å². The van der Waals surface area contributed by atoms with Gasteiger partial charge in [-0.2, -0.15) is 0 Å². The molecule has 1 aliphatic rings. The molecule has 0 N–H and O–H groups in total. The zero-order valence-corrected chi connectivity index (χ0v) is 15.8. The van der Waals surface area contributed by atoms with E-state index in [1.807, 2.05) is 30.3 Å². The number of halogens is 5. The van der Waals surface area contributed by atoms with E-state index in [1.54, 1.807) is 17.0 Å². The van der Waals surface area contributed by atoms with Crippen LogP contribution in [0.2, 0.25) is 5.02 Å². The van der Waals surface area contributed by atoms with Crippen molar-refractivity contribution in [3.63, 3.8) is 0 Å². The van der Waals surface area contributed by atoms with Gasteiger partial charge in [0.25, 0.3) is 5.91 Å². The van der Waals surface area contributed by atoms with Gasteiger partial charge in [0, 0.05) is 31.7 Å². The number of rotatable bonds is 2. The molecule has 4 rings (SSSR count). The summed E-state index contributed by atoms with van der Waals surface area (Å²) < 4.78 is 55.8. The molecule has 0 atom stereocenters. The molecule has 1 heterocycles. The minimum absolute atomic E-state index is 0.0215. The second kappa shape index (κ2) is 7.55. The van der Waals surface area contributed by atoms with Crippen LogP contribution in [0, 0.1) is 23.3 Å². The van der Waals surface area contributed by atoms with Gasteiger partial charge < -0.3 is 9.80 Å². The first-order chi connectivity index (χ1) is 13.9. The van der Waals surface area contributed by atoms with Crippen LogP contribution in [0.3, 0.4) is 0 Å². The van der Waals surface area contributed by atoms with Crippen molar-refractivity contribution < 1.29 is 22.4 Å². The van der Waals surface area contributed by atoms with E-state index in [9.17, 15) is 22.4 Å². The van der Waals surface area contributed by atoms with Crippen LogP contribution in [0.4, 0.5) is 23.2 Å². The lowest BCUT2D eigenvalue weighted by molar-refractivity contribution is 0.0746. The zero-order chi connectivity index (χ0) is 20.7. The highest BCUT2D eigenvalue weighted by Crippen LogP contribution is 2.34. The third kappa shape index (κ3) is 3.40. The highest BCUT2D eigenvalue weighted by atomic mass is 35.5. The van der Waals surface area contributed by atoms with Gasteiger partial charge in [-0.1, -0.05) is 41.9 Å². The van der Waals surface area contributed by atoms with Crippen LogP contribution in [0.5, 0.6) is 0 Å². The van der Waals surface area contributed by atoms with Crippen LogP contribution >= 0.6 is 11.6 Å². The molecule has 1 aliphatic heterocycles. The normalized spacial score (nSPS) is 14.5. The summed E-state index contributed by atoms with van der Waals surface area (Å²) in [5.41, 5.74) is -0.305. The molecule has 0 aliphatic carbocycles. The van der Waals surface area contributed by atoms with Crippen LogP contribution in [0.1, 0.15) is 10.4 Å². The smallest absolute Gasteiger partial charge is 0.253 e. The number of carbonyl (C=O) groups is 1. The highest BCUT2D eigenvalue weighted by Gasteiger charge is 2.31. The molecule has 0 radical (unpaired) electrons. The fourth-order valence-electron chi connectivity index (χ4n) is 3.51. The summed E-state index contributed by atoms with van der Waals surface area (Å²) in [4.78, 5) is 15.5. The number of amides is 1. The number of hydrogen-bond acceptors (Lipinski definition) is 2. The first-order valence-electron chi connectivity index (χ1n) is 8.93. The van der Waals surface area contributed by atoms with E-state index in [2.05, 4.69) is 0 Å². The van der Waals surface area contributed by atoms with Crippen LogP contribution in [-0.2, 0) is 0 Å². The van der Waals surface area contributed by atoms with Crippen LogP contribution in [0.15, 0.2) is 42.5 Å². The quantitative estimate of drug-likeness (QED) is 0.329. The molecule has 0 saturated carbocycles. The summed E-state index contributed by atoms with van der Waals surface area (Å²) in [5.74, 6) is -6.55. The Bertz CT molecular complexity index is 1080. The second-order valence-corrected chi connectivity index (χ2v) is 7.14. The SMILES string of the molecule is O=C(c1ccc2ccccc2c1)N1CCN(c2c(F)c(F)c(Cl)c(F)c2F)CC1. The Hall–Kier alpha value is -2.80. The highest BCUT2D eigenvalue weighted by molar-refractivity contribution is 6.31. The Kier molecular flexibility index (Phi) is 5.08. The summed E-state index contributed by atoms with van der Waals surface area (Å²) in [5, 5.41) is 0.716. The lowest BCUT2D eigenvalue weighted by Gasteiger charge is -2.36. The fourth-order valence-corrected chi connectivity index (χ4v) is 3.67. The molecular formula is C21H15ClF4N2O. The van der Waals surface area contributed by atoms with Gasteiger partial charge in [-0.05, 0) is 22.9 Å². The molecule has 1 fully saturated rings. The third-order valence-electron chi connectivity index (χ3n) is 5.07. The third-order valence-corrected chi connectivity index (χ3v) is 5.40. The number of benzene rings is 3. The minimum atomic E-state index is -1.63. The summed E-state index contributed by atoms with van der Waals surface area (Å²) in [6.07, 6.45) is 0. The first kappa shape index (κ1) is 19.5. The van der Waals surface area contributed by atoms with E-state index >= 15 is 0 Å². The Morgan fingerprint density at radius 2 is 1.38 bits per heavy atom. The van der Waals surface area contributed by atoms with Gasteiger partial charge in [-0.3, -0.25) is 4.79 Å². The Labute approximate surface area is 169 Å². The number of fused-ring (bicyclic) bond motifs is 1. The number of nitrogens with zero attached hydrogens (tertiary/aromatic N) is 2. The molecule has 0 bridgehead atoms. The molecule has 8 heteroatoms. The second-order valence-electron chi connectivity index (χ2n) is 6.76. The van der Waals surface area contributed by atoms with Crippen molar-refractivity contribution in [3.8, 4) is 0 Å². The Morgan fingerprint density at radius 1 is 0.793 bits per heavy atom. The first-order valence-corrected chi connectivity index (χ1v) is 9.30. The molecule has 150 valence electrons. The van der Waals surface area contributed by atoms with E-state index in [4.69, 9.17) is 11.6 Å². The van der Waals surface area contributed by atoms with Crippen LogP contribution < -0.4 is 4.90 Å². The van der Waals surface area contributed by atoms with E-state index in [0.717, 1.165) is 10.8 Å². The summed E-state index contributed by atoms with van der Waals surface area (Å²) in [7, 11) is 0. The summed E-state index contributed by atoms with van der Waals surface area (Å²) in [6, 6.07) is 13.0. The average molecular weight is 423 g/mol. The van der Waals surface area contributed by atoms with Crippen LogP contribution in [0.25, 0.3) is 10.8 Å². The Morgan fingerprint density at radius 3 is 2.00 bits per heavy atom. The molecular weight excluding hydrogens is 408 g/mol. The van der Waals surface area contributed by atoms with Crippen molar-refractivity contribution in [3.05, 3.63) is 76.3 Å². The van der Waals surface area contributed by atoms with Gasteiger partial charge in [0.2, 0.25) is 0 Å². The van der Waals surface area contributed by atoms with Gasteiger partial charge >= 0.3 is 0 Å². The van der Waals surface area contributed by atoms with Gasteiger partial charge in [0.15, 0.2) is 23.3 Å². The van der Waals surface area contributed by atoms with Crippen molar-refractivity contribution in [1.82, 2.24) is 4.90 Å². The fraction of sp³-hybridized carbons (Fsp3) is 0.190. The lowest BCUT2D eigenvalue weighted by Crippen LogP contribution is -2.49. The largest absolute Gasteiger partial charge is 0.363 e. The summed E-state index contributed by atoms with van der Waals surface area (Å²) >= 11 is 5.27. The van der Waals surface area contributed by atoms with Crippen LogP contribution in [-0.4, -0.2) is 37.0 Å². The van der Waals surface area contributed by atoms with Gasteiger partial charge in [0.05, 0.1) is 0 Å². The average Bonchev–Trinajstić information content (AvgIpc) is 2.76. The van der Waals surface area contributed by atoms with Crippen molar-refractivity contribution >= 4 is 34.0 Å². The molecule has 3 nitrogen and oxygen atoms in total. The predicted octanol–water partition coefficient (Wildman–Crippen LogP) is 5.01. The van der Waals surface area contributed by atoms with E-state index in [0.29, 0.717) is 5.56 Å². The predicted molar refractivity (Wildman–Crippen MR) is 103 cm³/mol. The van der Waals surface area contributed by atoms with E-state index in [1.165, 1.54) is 4.90 Å². The van der Waals surface area contributed by atoms with Crippen molar-refractivity contribution in [2.75, 3.05) is 31.1 Å². The van der Waals surface area contributed by atoms with Gasteiger partial charge in [-0.15, -0.1) is 0 Å². The molecule has 29 heavy (non-hydrogen) atoms. The Balaban J connectivity index is 1.53. The lowest BCUT2D eigenvalue weighted by atomic mass is 10.1. The maximum atomic E-state index is 14.2. The number of piperazine rings is 1. The standard InChI is InChI=1S/C21H15ClF4N2O/c22-15-16(23)18(25)20(19(26)17(15)24)27-7-9-28(10-8-27)21(29)14-6-5-12-3-1-2-4-13(12)11-14/h1-6,11H,7-10H2. The topological polar surface area (TPSA) is 23.6 Å². The van der Waals surface area contributed by atoms with Gasteiger partial charge in [-0.25, -0.2) is 17.6 Å². The molecule has 0 spiro atoms. The number of hydrogen-bond donors (Lipinski definition) is 0.